The highest BCUT2D eigenvalue weighted by Gasteiger charge is 2.02. The molecule has 0 amide bonds. The third-order valence-electron chi connectivity index (χ3n) is 3.37. The molecular formula is C17H28O2. The van der Waals surface area contributed by atoms with Crippen molar-refractivity contribution >= 4 is 0 Å². The smallest absolute Gasteiger partial charge is 0.122 e. The van der Waals surface area contributed by atoms with Crippen LogP contribution in [-0.2, 0) is 11.2 Å². The van der Waals surface area contributed by atoms with Crippen LogP contribution in [0.4, 0.5) is 0 Å². The van der Waals surface area contributed by atoms with Gasteiger partial charge in [0, 0.05) is 13.2 Å². The van der Waals surface area contributed by atoms with Crippen molar-refractivity contribution in [3.8, 4) is 5.75 Å². The van der Waals surface area contributed by atoms with Crippen LogP contribution < -0.4 is 4.74 Å². The van der Waals surface area contributed by atoms with Crippen LogP contribution in [-0.4, -0.2) is 20.3 Å². The number of rotatable bonds is 10. The first-order chi connectivity index (χ1) is 9.27. The average Bonchev–Trinajstić information content (AvgIpc) is 2.42. The Morgan fingerprint density at radius 2 is 1.74 bits per heavy atom. The highest BCUT2D eigenvalue weighted by molar-refractivity contribution is 5.36. The molecule has 108 valence electrons. The molecule has 1 aromatic carbocycles. The quantitative estimate of drug-likeness (QED) is 0.578. The van der Waals surface area contributed by atoms with Crippen molar-refractivity contribution in [3.63, 3.8) is 0 Å². The van der Waals surface area contributed by atoms with E-state index < -0.39 is 0 Å². The summed E-state index contributed by atoms with van der Waals surface area (Å²) in [4.78, 5) is 0. The predicted octanol–water partition coefficient (Wildman–Crippen LogP) is 4.53. The Bertz CT molecular complexity index is 347. The van der Waals surface area contributed by atoms with Crippen LogP contribution in [0.2, 0.25) is 0 Å². The first kappa shape index (κ1) is 16.0. The summed E-state index contributed by atoms with van der Waals surface area (Å²) in [6.07, 6.45) is 7.45. The van der Waals surface area contributed by atoms with Crippen LogP contribution in [0.5, 0.6) is 5.75 Å². The molecule has 0 saturated heterocycles. The van der Waals surface area contributed by atoms with Gasteiger partial charge in [0.1, 0.15) is 5.75 Å². The molecule has 2 heteroatoms. The summed E-state index contributed by atoms with van der Waals surface area (Å²) in [7, 11) is 1.75. The van der Waals surface area contributed by atoms with E-state index in [1.807, 2.05) is 0 Å². The molecular weight excluding hydrogens is 236 g/mol. The first-order valence-electron chi connectivity index (χ1n) is 7.49. The van der Waals surface area contributed by atoms with E-state index in [9.17, 15) is 0 Å². The zero-order chi connectivity index (χ0) is 13.9. The fraction of sp³-hybridized carbons (Fsp3) is 0.647. The van der Waals surface area contributed by atoms with E-state index in [1.54, 1.807) is 7.11 Å². The highest BCUT2D eigenvalue weighted by Crippen LogP contribution is 2.22. The SMILES string of the molecule is CCOCCCCCCCc1cc(C)ccc1OC. The van der Waals surface area contributed by atoms with Crippen molar-refractivity contribution in [3.05, 3.63) is 29.3 Å². The van der Waals surface area contributed by atoms with Crippen LogP contribution in [0.15, 0.2) is 18.2 Å². The van der Waals surface area contributed by atoms with Gasteiger partial charge in [-0.25, -0.2) is 0 Å². The lowest BCUT2D eigenvalue weighted by atomic mass is 10.0. The molecule has 0 saturated carbocycles. The Labute approximate surface area is 118 Å². The van der Waals surface area contributed by atoms with Crippen molar-refractivity contribution in [1.82, 2.24) is 0 Å². The third kappa shape index (κ3) is 6.63. The van der Waals surface area contributed by atoms with Gasteiger partial charge in [0.15, 0.2) is 0 Å². The summed E-state index contributed by atoms with van der Waals surface area (Å²) < 4.78 is 10.7. The van der Waals surface area contributed by atoms with Gasteiger partial charge in [-0.3, -0.25) is 0 Å². The Balaban J connectivity index is 2.17. The third-order valence-corrected chi connectivity index (χ3v) is 3.37. The van der Waals surface area contributed by atoms with Crippen LogP contribution in [0.25, 0.3) is 0 Å². The van der Waals surface area contributed by atoms with Crippen molar-refractivity contribution in [2.24, 2.45) is 0 Å². The summed E-state index contributed by atoms with van der Waals surface area (Å²) in [5.74, 6) is 1.03. The second-order valence-electron chi connectivity index (χ2n) is 5.03. The second-order valence-corrected chi connectivity index (χ2v) is 5.03. The Morgan fingerprint density at radius 3 is 2.47 bits per heavy atom. The van der Waals surface area contributed by atoms with Crippen LogP contribution in [0.3, 0.4) is 0 Å². The number of hydrogen-bond acceptors (Lipinski definition) is 2. The van der Waals surface area contributed by atoms with E-state index in [2.05, 4.69) is 32.0 Å². The minimum atomic E-state index is 0.840. The maximum atomic E-state index is 5.41. The lowest BCUT2D eigenvalue weighted by Gasteiger charge is -2.09. The molecule has 0 spiro atoms. The minimum Gasteiger partial charge on any atom is -0.496 e. The van der Waals surface area contributed by atoms with Gasteiger partial charge in [0.25, 0.3) is 0 Å². The maximum absolute atomic E-state index is 5.41. The van der Waals surface area contributed by atoms with Gasteiger partial charge >= 0.3 is 0 Å². The molecule has 0 N–H and O–H groups in total. The Kier molecular flexibility index (Phi) is 8.31. The van der Waals surface area contributed by atoms with E-state index in [4.69, 9.17) is 9.47 Å². The van der Waals surface area contributed by atoms with Gasteiger partial charge in [-0.2, -0.15) is 0 Å². The van der Waals surface area contributed by atoms with Crippen LogP contribution >= 0.6 is 0 Å². The topological polar surface area (TPSA) is 18.5 Å². The normalized spacial score (nSPS) is 10.7. The summed E-state index contributed by atoms with van der Waals surface area (Å²) in [5, 5.41) is 0. The lowest BCUT2D eigenvalue weighted by molar-refractivity contribution is 0.143. The van der Waals surface area contributed by atoms with E-state index >= 15 is 0 Å². The van der Waals surface area contributed by atoms with Crippen LogP contribution in [0.1, 0.15) is 50.2 Å². The number of unbranched alkanes of at least 4 members (excludes halogenated alkanes) is 4. The van der Waals surface area contributed by atoms with E-state index in [0.717, 1.165) is 25.4 Å². The monoisotopic (exact) mass is 264 g/mol. The summed E-state index contributed by atoms with van der Waals surface area (Å²) in [6, 6.07) is 6.43. The number of hydrogen-bond donors (Lipinski definition) is 0. The highest BCUT2D eigenvalue weighted by atomic mass is 16.5. The van der Waals surface area contributed by atoms with Crippen molar-refractivity contribution in [1.29, 1.82) is 0 Å². The number of ether oxygens (including phenoxy) is 2. The Hall–Kier alpha value is -1.02. The Morgan fingerprint density at radius 1 is 1.00 bits per heavy atom. The molecule has 0 aromatic heterocycles. The molecule has 1 aromatic rings. The van der Waals surface area contributed by atoms with E-state index in [1.165, 1.54) is 43.2 Å². The molecule has 0 bridgehead atoms. The molecule has 0 aliphatic carbocycles. The van der Waals surface area contributed by atoms with Crippen molar-refractivity contribution in [2.45, 2.75) is 52.4 Å². The fourth-order valence-corrected chi connectivity index (χ4v) is 2.30. The van der Waals surface area contributed by atoms with Gasteiger partial charge in [-0.1, -0.05) is 37.0 Å². The first-order valence-corrected chi connectivity index (χ1v) is 7.49. The van der Waals surface area contributed by atoms with E-state index in [0.29, 0.717) is 0 Å². The predicted molar refractivity (Wildman–Crippen MR) is 81.0 cm³/mol. The lowest BCUT2D eigenvalue weighted by Crippen LogP contribution is -1.95. The average molecular weight is 264 g/mol. The van der Waals surface area contributed by atoms with E-state index in [-0.39, 0.29) is 0 Å². The molecule has 0 radical (unpaired) electrons. The van der Waals surface area contributed by atoms with Gasteiger partial charge in [-0.05, 0) is 44.7 Å². The van der Waals surface area contributed by atoms with Gasteiger partial charge in [0.05, 0.1) is 7.11 Å². The second kappa shape index (κ2) is 9.85. The molecule has 1 rings (SSSR count). The number of aryl methyl sites for hydroxylation is 2. The molecule has 0 aliphatic rings. The standard InChI is InChI=1S/C17H28O2/c1-4-19-13-9-7-5-6-8-10-16-14-15(2)11-12-17(16)18-3/h11-12,14H,4-10,13H2,1-3H3. The fourth-order valence-electron chi connectivity index (χ4n) is 2.30. The zero-order valence-electron chi connectivity index (χ0n) is 12.7. The number of benzene rings is 1. The molecule has 0 aliphatic heterocycles. The molecule has 0 fully saturated rings. The molecule has 0 unspecified atom stereocenters. The minimum absolute atomic E-state index is 0.840. The maximum Gasteiger partial charge on any atom is 0.122 e. The number of methoxy groups -OCH3 is 1. The van der Waals surface area contributed by atoms with Crippen molar-refractivity contribution < 1.29 is 9.47 Å². The zero-order valence-corrected chi connectivity index (χ0v) is 12.7. The van der Waals surface area contributed by atoms with Crippen molar-refractivity contribution in [2.75, 3.05) is 20.3 Å². The largest absolute Gasteiger partial charge is 0.496 e. The van der Waals surface area contributed by atoms with Gasteiger partial charge in [-0.15, -0.1) is 0 Å². The molecule has 19 heavy (non-hydrogen) atoms. The van der Waals surface area contributed by atoms with Gasteiger partial charge < -0.3 is 9.47 Å². The molecule has 2 nitrogen and oxygen atoms in total. The summed E-state index contributed by atoms with van der Waals surface area (Å²) in [5.41, 5.74) is 2.66. The van der Waals surface area contributed by atoms with Gasteiger partial charge in [0.2, 0.25) is 0 Å². The molecule has 0 atom stereocenters. The summed E-state index contributed by atoms with van der Waals surface area (Å²) >= 11 is 0. The van der Waals surface area contributed by atoms with Crippen LogP contribution in [0, 0.1) is 6.92 Å². The molecule has 0 heterocycles. The summed E-state index contributed by atoms with van der Waals surface area (Å²) in [6.45, 7) is 5.95.